The van der Waals surface area contributed by atoms with E-state index in [0.717, 1.165) is 6.92 Å². The van der Waals surface area contributed by atoms with E-state index in [-0.39, 0.29) is 6.61 Å². The first-order valence-electron chi connectivity index (χ1n) is 7.18. The highest BCUT2D eigenvalue weighted by Crippen LogP contribution is 2.28. The smallest absolute Gasteiger partial charge is 0.303 e. The van der Waals surface area contributed by atoms with Gasteiger partial charge in [-0.1, -0.05) is 18.2 Å². The van der Waals surface area contributed by atoms with Crippen LogP contribution >= 0.6 is 0 Å². The van der Waals surface area contributed by atoms with Crippen LogP contribution in [0.3, 0.4) is 0 Å². The Balaban J connectivity index is 2.22. The molecular formula is C16H18O8. The molecule has 1 aromatic rings. The molecule has 0 fully saturated rings. The van der Waals surface area contributed by atoms with Crippen LogP contribution in [0.25, 0.3) is 0 Å². The van der Waals surface area contributed by atoms with Gasteiger partial charge in [0.05, 0.1) is 0 Å². The van der Waals surface area contributed by atoms with Gasteiger partial charge < -0.3 is 29.2 Å². The van der Waals surface area contributed by atoms with E-state index in [1.54, 1.807) is 30.3 Å². The predicted molar refractivity (Wildman–Crippen MR) is 80.2 cm³/mol. The molecule has 24 heavy (non-hydrogen) atoms. The van der Waals surface area contributed by atoms with Gasteiger partial charge in [0.2, 0.25) is 5.76 Å². The van der Waals surface area contributed by atoms with E-state index in [0.29, 0.717) is 5.75 Å². The van der Waals surface area contributed by atoms with Crippen LogP contribution in [-0.4, -0.2) is 47.3 Å². The maximum atomic E-state index is 11.2. The van der Waals surface area contributed by atoms with Crippen LogP contribution in [0.15, 0.2) is 41.9 Å². The summed E-state index contributed by atoms with van der Waals surface area (Å²) in [5.74, 6) is -2.12. The van der Waals surface area contributed by atoms with Gasteiger partial charge in [-0.25, -0.2) is 0 Å². The molecule has 3 atom stereocenters. The molecule has 8 heteroatoms. The topological polar surface area (TPSA) is 112 Å². The molecule has 1 heterocycles. The lowest BCUT2D eigenvalue weighted by atomic mass is 10.1. The van der Waals surface area contributed by atoms with Crippen molar-refractivity contribution in [2.75, 3.05) is 6.61 Å². The van der Waals surface area contributed by atoms with E-state index < -0.39 is 42.0 Å². The van der Waals surface area contributed by atoms with Crippen molar-refractivity contribution in [3.8, 4) is 5.75 Å². The van der Waals surface area contributed by atoms with Crippen LogP contribution in [-0.2, 0) is 23.8 Å². The van der Waals surface area contributed by atoms with E-state index in [1.165, 1.54) is 6.92 Å². The second-order valence-corrected chi connectivity index (χ2v) is 5.04. The number of carbonyl (C=O) groups excluding carboxylic acids is 2. The fourth-order valence-corrected chi connectivity index (χ4v) is 2.08. The van der Waals surface area contributed by atoms with Crippen LogP contribution in [0.1, 0.15) is 13.8 Å². The van der Waals surface area contributed by atoms with Crippen molar-refractivity contribution in [1.82, 2.24) is 0 Å². The number of para-hydroxylation sites is 1. The molecule has 0 spiro atoms. The van der Waals surface area contributed by atoms with Crippen molar-refractivity contribution in [3.05, 3.63) is 41.9 Å². The second kappa shape index (κ2) is 7.69. The van der Waals surface area contributed by atoms with E-state index in [1.807, 2.05) is 0 Å². The molecule has 0 aliphatic carbocycles. The first kappa shape index (κ1) is 17.6. The molecule has 8 nitrogen and oxygen atoms in total. The molecule has 1 aliphatic rings. The number of carbonyl (C=O) groups is 2. The summed E-state index contributed by atoms with van der Waals surface area (Å²) in [5.41, 5.74) is 0. The predicted octanol–water partition coefficient (Wildman–Crippen LogP) is 1.61. The summed E-state index contributed by atoms with van der Waals surface area (Å²) in [7, 11) is 0. The number of aliphatic hydroxyl groups is 2. The van der Waals surface area contributed by atoms with Gasteiger partial charge in [-0.3, -0.25) is 9.59 Å². The average molecular weight is 338 g/mol. The molecule has 0 saturated heterocycles. The molecule has 2 rings (SSSR count). The lowest BCUT2D eigenvalue weighted by molar-refractivity contribution is -0.198. The Kier molecular flexibility index (Phi) is 5.64. The third kappa shape index (κ3) is 4.39. The van der Waals surface area contributed by atoms with Crippen molar-refractivity contribution in [3.63, 3.8) is 0 Å². The number of benzene rings is 1. The van der Waals surface area contributed by atoms with Crippen molar-refractivity contribution in [1.29, 1.82) is 0 Å². The number of ether oxygens (including phenoxy) is 4. The zero-order chi connectivity index (χ0) is 17.7. The van der Waals surface area contributed by atoms with E-state index in [9.17, 15) is 19.8 Å². The summed E-state index contributed by atoms with van der Waals surface area (Å²) < 4.78 is 20.7. The maximum absolute atomic E-state index is 11.2. The summed E-state index contributed by atoms with van der Waals surface area (Å²) in [6.45, 7) is 2.05. The summed E-state index contributed by atoms with van der Waals surface area (Å²) in [4.78, 5) is 22.2. The maximum Gasteiger partial charge on any atom is 0.303 e. The van der Waals surface area contributed by atoms with Crippen LogP contribution in [0.4, 0.5) is 0 Å². The largest absolute Gasteiger partial charge is 0.505 e. The van der Waals surface area contributed by atoms with Gasteiger partial charge in [-0.05, 0) is 12.1 Å². The SMILES string of the molecule is CC(=O)OC[C@H]1OC(Oc2ccccc2)C(O)=C(O)[C@@H]1OC(C)=O. The minimum absolute atomic E-state index is 0.292. The summed E-state index contributed by atoms with van der Waals surface area (Å²) in [6, 6.07) is 8.48. The normalized spacial score (nSPS) is 23.5. The lowest BCUT2D eigenvalue weighted by Gasteiger charge is -2.34. The molecule has 0 amide bonds. The fourth-order valence-electron chi connectivity index (χ4n) is 2.08. The van der Waals surface area contributed by atoms with Crippen molar-refractivity contribution >= 4 is 11.9 Å². The molecule has 0 saturated carbocycles. The Morgan fingerprint density at radius 1 is 1.08 bits per heavy atom. The standard InChI is InChI=1S/C16H18O8/c1-9(17)21-8-12-15(22-10(2)18)13(19)14(20)16(24-12)23-11-6-4-3-5-7-11/h3-7,12,15-16,19-20H,8H2,1-2H3/t12-,15-,16?/m1/s1. The number of hydrogen-bond donors (Lipinski definition) is 2. The van der Waals surface area contributed by atoms with Gasteiger partial charge in [-0.15, -0.1) is 0 Å². The van der Waals surface area contributed by atoms with Gasteiger partial charge in [0.1, 0.15) is 18.5 Å². The molecule has 0 aromatic heterocycles. The Labute approximate surface area is 138 Å². The molecule has 0 radical (unpaired) electrons. The molecule has 2 N–H and O–H groups in total. The van der Waals surface area contributed by atoms with Gasteiger partial charge in [0, 0.05) is 13.8 Å². The highest BCUT2D eigenvalue weighted by Gasteiger charge is 2.42. The summed E-state index contributed by atoms with van der Waals surface area (Å²) >= 11 is 0. The molecule has 1 aromatic carbocycles. The van der Waals surface area contributed by atoms with Crippen LogP contribution in [0.5, 0.6) is 5.75 Å². The van der Waals surface area contributed by atoms with E-state index in [4.69, 9.17) is 18.9 Å². The monoisotopic (exact) mass is 338 g/mol. The Morgan fingerprint density at radius 2 is 1.75 bits per heavy atom. The number of hydrogen-bond acceptors (Lipinski definition) is 8. The first-order chi connectivity index (χ1) is 11.4. The first-order valence-corrected chi connectivity index (χ1v) is 7.18. The van der Waals surface area contributed by atoms with E-state index in [2.05, 4.69) is 0 Å². The lowest BCUT2D eigenvalue weighted by Crippen LogP contribution is -2.47. The Bertz CT molecular complexity index is 624. The van der Waals surface area contributed by atoms with Gasteiger partial charge in [0.25, 0.3) is 6.29 Å². The fraction of sp³-hybridized carbons (Fsp3) is 0.375. The molecular weight excluding hydrogens is 320 g/mol. The van der Waals surface area contributed by atoms with E-state index >= 15 is 0 Å². The van der Waals surface area contributed by atoms with Crippen molar-refractivity contribution < 1.29 is 38.7 Å². The zero-order valence-corrected chi connectivity index (χ0v) is 13.2. The zero-order valence-electron chi connectivity index (χ0n) is 13.2. The van der Waals surface area contributed by atoms with Gasteiger partial charge in [-0.2, -0.15) is 0 Å². The molecule has 0 bridgehead atoms. The number of esters is 2. The Hall–Kier alpha value is -2.74. The molecule has 1 aliphatic heterocycles. The van der Waals surface area contributed by atoms with Crippen molar-refractivity contribution in [2.45, 2.75) is 32.3 Å². The minimum Gasteiger partial charge on any atom is -0.505 e. The van der Waals surface area contributed by atoms with Gasteiger partial charge in [0.15, 0.2) is 11.9 Å². The third-order valence-electron chi connectivity index (χ3n) is 3.12. The Morgan fingerprint density at radius 3 is 2.33 bits per heavy atom. The quantitative estimate of drug-likeness (QED) is 0.779. The number of rotatable bonds is 5. The second-order valence-electron chi connectivity index (χ2n) is 5.04. The summed E-state index contributed by atoms with van der Waals surface area (Å²) in [5, 5.41) is 20.2. The van der Waals surface area contributed by atoms with Crippen LogP contribution < -0.4 is 4.74 Å². The third-order valence-corrected chi connectivity index (χ3v) is 3.12. The highest BCUT2D eigenvalue weighted by atomic mass is 16.7. The highest BCUT2D eigenvalue weighted by molar-refractivity contribution is 5.67. The number of aliphatic hydroxyl groups excluding tert-OH is 2. The minimum atomic E-state index is -1.33. The van der Waals surface area contributed by atoms with Gasteiger partial charge >= 0.3 is 11.9 Å². The molecule has 1 unspecified atom stereocenters. The average Bonchev–Trinajstić information content (AvgIpc) is 2.54. The molecule has 130 valence electrons. The van der Waals surface area contributed by atoms with Crippen LogP contribution in [0, 0.1) is 0 Å². The van der Waals surface area contributed by atoms with Crippen LogP contribution in [0.2, 0.25) is 0 Å². The summed E-state index contributed by atoms with van der Waals surface area (Å²) in [6.07, 6.45) is -3.68. The van der Waals surface area contributed by atoms with Crippen molar-refractivity contribution in [2.24, 2.45) is 0 Å².